The molecule has 0 saturated carbocycles. The van der Waals surface area contributed by atoms with Crippen LogP contribution in [0.5, 0.6) is 0 Å². The third-order valence-electron chi connectivity index (χ3n) is 3.52. The maximum atomic E-state index is 10.0. The van der Waals surface area contributed by atoms with Crippen molar-refractivity contribution in [2.45, 2.75) is 24.4 Å². The summed E-state index contributed by atoms with van der Waals surface area (Å²) in [7, 11) is 0. The van der Waals surface area contributed by atoms with E-state index in [0.29, 0.717) is 11.2 Å². The van der Waals surface area contributed by atoms with Crippen molar-refractivity contribution in [2.75, 3.05) is 12.3 Å². The standard InChI is InChI=1S/C12H12ClN5O3/c1-2-12(4-19)6(20)3-7(21-12)18-5-15-8-9(14)16-11(13)17-10(8)18/h1,5-7,19-20H,3-4H2,(H2,14,16,17)/t6-,7-,12-/m1/s1. The van der Waals surface area contributed by atoms with E-state index in [0.717, 1.165) is 0 Å². The number of hydrogen-bond acceptors (Lipinski definition) is 7. The lowest BCUT2D eigenvalue weighted by Gasteiger charge is -2.23. The molecule has 110 valence electrons. The molecule has 0 amide bonds. The van der Waals surface area contributed by atoms with E-state index >= 15 is 0 Å². The van der Waals surface area contributed by atoms with Crippen LogP contribution in [0.15, 0.2) is 6.33 Å². The molecule has 0 radical (unpaired) electrons. The van der Waals surface area contributed by atoms with Crippen molar-refractivity contribution >= 4 is 28.6 Å². The van der Waals surface area contributed by atoms with Gasteiger partial charge in [-0.25, -0.2) is 4.98 Å². The molecule has 0 aliphatic carbocycles. The third-order valence-corrected chi connectivity index (χ3v) is 3.69. The molecule has 1 aliphatic rings. The summed E-state index contributed by atoms with van der Waals surface area (Å²) in [4.78, 5) is 12.0. The van der Waals surface area contributed by atoms with Crippen molar-refractivity contribution in [1.82, 2.24) is 19.5 Å². The second kappa shape index (κ2) is 4.82. The van der Waals surface area contributed by atoms with Crippen LogP contribution in [0.2, 0.25) is 5.28 Å². The maximum Gasteiger partial charge on any atom is 0.226 e. The molecule has 9 heteroatoms. The van der Waals surface area contributed by atoms with Crippen LogP contribution < -0.4 is 5.73 Å². The zero-order valence-electron chi connectivity index (χ0n) is 10.8. The number of nitrogen functional groups attached to an aromatic ring is 1. The summed E-state index contributed by atoms with van der Waals surface area (Å²) < 4.78 is 7.19. The number of rotatable bonds is 2. The van der Waals surface area contributed by atoms with Gasteiger partial charge < -0.3 is 20.7 Å². The van der Waals surface area contributed by atoms with Gasteiger partial charge in [0.15, 0.2) is 17.1 Å². The Morgan fingerprint density at radius 3 is 3.00 bits per heavy atom. The first kappa shape index (κ1) is 14.0. The van der Waals surface area contributed by atoms with Crippen molar-refractivity contribution in [3.8, 4) is 12.3 Å². The molecule has 0 unspecified atom stereocenters. The van der Waals surface area contributed by atoms with E-state index in [2.05, 4.69) is 20.9 Å². The molecule has 0 spiro atoms. The number of aliphatic hydroxyl groups is 2. The van der Waals surface area contributed by atoms with Gasteiger partial charge >= 0.3 is 0 Å². The summed E-state index contributed by atoms with van der Waals surface area (Å²) in [6.45, 7) is -0.494. The molecule has 4 N–H and O–H groups in total. The van der Waals surface area contributed by atoms with Gasteiger partial charge in [-0.3, -0.25) is 4.57 Å². The van der Waals surface area contributed by atoms with Crippen molar-refractivity contribution in [2.24, 2.45) is 0 Å². The van der Waals surface area contributed by atoms with Gasteiger partial charge in [-0.1, -0.05) is 5.92 Å². The molecule has 1 saturated heterocycles. The van der Waals surface area contributed by atoms with E-state index in [4.69, 9.17) is 28.5 Å². The van der Waals surface area contributed by atoms with Crippen LogP contribution in [0.25, 0.3) is 11.2 Å². The molecule has 8 nitrogen and oxygen atoms in total. The predicted molar refractivity (Wildman–Crippen MR) is 74.1 cm³/mol. The van der Waals surface area contributed by atoms with Crippen molar-refractivity contribution < 1.29 is 14.9 Å². The van der Waals surface area contributed by atoms with Crippen LogP contribution in [0, 0.1) is 12.3 Å². The summed E-state index contributed by atoms with van der Waals surface area (Å²) >= 11 is 5.79. The largest absolute Gasteiger partial charge is 0.392 e. The van der Waals surface area contributed by atoms with Gasteiger partial charge in [-0.2, -0.15) is 9.97 Å². The Morgan fingerprint density at radius 1 is 1.62 bits per heavy atom. The quantitative estimate of drug-likeness (QED) is 0.515. The maximum absolute atomic E-state index is 10.0. The molecule has 1 aliphatic heterocycles. The Morgan fingerprint density at radius 2 is 2.38 bits per heavy atom. The second-order valence-corrected chi connectivity index (χ2v) is 5.06. The normalized spacial score (nSPS) is 28.9. The number of aromatic nitrogens is 4. The Kier molecular flexibility index (Phi) is 3.22. The average molecular weight is 310 g/mol. The van der Waals surface area contributed by atoms with Gasteiger partial charge in [0.2, 0.25) is 5.28 Å². The second-order valence-electron chi connectivity index (χ2n) is 4.72. The zero-order chi connectivity index (χ0) is 15.2. The van der Waals surface area contributed by atoms with Crippen molar-refractivity contribution in [3.63, 3.8) is 0 Å². The molecule has 3 rings (SSSR count). The van der Waals surface area contributed by atoms with Crippen LogP contribution in [-0.4, -0.2) is 48.0 Å². The van der Waals surface area contributed by atoms with Crippen LogP contribution in [-0.2, 0) is 4.74 Å². The molecule has 2 aromatic heterocycles. The summed E-state index contributed by atoms with van der Waals surface area (Å²) in [5.41, 5.74) is 5.03. The van der Waals surface area contributed by atoms with Crippen LogP contribution in [0.4, 0.5) is 5.82 Å². The molecule has 3 heterocycles. The summed E-state index contributed by atoms with van der Waals surface area (Å²) in [5, 5.41) is 19.4. The summed E-state index contributed by atoms with van der Waals surface area (Å²) in [5.74, 6) is 2.45. The number of hydrogen-bond donors (Lipinski definition) is 3. The lowest BCUT2D eigenvalue weighted by molar-refractivity contribution is -0.0891. The zero-order valence-corrected chi connectivity index (χ0v) is 11.5. The topological polar surface area (TPSA) is 119 Å². The minimum absolute atomic E-state index is 0.0225. The first-order valence-electron chi connectivity index (χ1n) is 6.11. The van der Waals surface area contributed by atoms with Crippen LogP contribution in [0.3, 0.4) is 0 Å². The lowest BCUT2D eigenvalue weighted by atomic mass is 9.99. The highest BCUT2D eigenvalue weighted by molar-refractivity contribution is 6.28. The number of anilines is 1. The van der Waals surface area contributed by atoms with E-state index in [1.54, 1.807) is 4.57 Å². The van der Waals surface area contributed by atoms with E-state index in [1.807, 2.05) is 0 Å². The number of nitrogens with zero attached hydrogens (tertiary/aromatic N) is 4. The summed E-state index contributed by atoms with van der Waals surface area (Å²) in [6.07, 6.45) is 5.34. The van der Waals surface area contributed by atoms with Gasteiger partial charge in [0.1, 0.15) is 17.8 Å². The average Bonchev–Trinajstić information content (AvgIpc) is 3.00. The minimum atomic E-state index is -1.44. The number of nitrogens with two attached hydrogens (primary N) is 1. The van der Waals surface area contributed by atoms with Gasteiger partial charge in [-0.05, 0) is 11.6 Å². The number of imidazole rings is 1. The Hall–Kier alpha value is -1.92. The van der Waals surface area contributed by atoms with Gasteiger partial charge in [-0.15, -0.1) is 6.42 Å². The highest BCUT2D eigenvalue weighted by atomic mass is 35.5. The number of fused-ring (bicyclic) bond motifs is 1. The molecule has 3 atom stereocenters. The fraction of sp³-hybridized carbons (Fsp3) is 0.417. The lowest BCUT2D eigenvalue weighted by Crippen LogP contribution is -2.41. The van der Waals surface area contributed by atoms with Crippen molar-refractivity contribution in [3.05, 3.63) is 11.6 Å². The third kappa shape index (κ3) is 2.02. The first-order valence-corrected chi connectivity index (χ1v) is 6.48. The molecule has 0 bridgehead atoms. The molecular formula is C12H12ClN5O3. The van der Waals surface area contributed by atoms with E-state index in [1.165, 1.54) is 6.33 Å². The molecule has 21 heavy (non-hydrogen) atoms. The number of ether oxygens (including phenoxy) is 1. The monoisotopic (exact) mass is 309 g/mol. The highest BCUT2D eigenvalue weighted by Crippen LogP contribution is 2.37. The van der Waals surface area contributed by atoms with Crippen LogP contribution >= 0.6 is 11.6 Å². The minimum Gasteiger partial charge on any atom is -0.392 e. The van der Waals surface area contributed by atoms with Gasteiger partial charge in [0.25, 0.3) is 0 Å². The first-order chi connectivity index (χ1) is 10.0. The number of terminal acetylenes is 1. The molecule has 0 aromatic carbocycles. The number of halogens is 1. The SMILES string of the molecule is C#C[C@]1(CO)O[C@@H](n2cnc3c(N)nc(Cl)nc32)C[C@H]1O. The summed E-state index contributed by atoms with van der Waals surface area (Å²) in [6, 6.07) is 0. The number of aliphatic hydroxyl groups excluding tert-OH is 2. The van der Waals surface area contributed by atoms with E-state index < -0.39 is 24.5 Å². The Labute approximate surface area is 124 Å². The molecular weight excluding hydrogens is 298 g/mol. The Bertz CT molecular complexity index is 742. The Balaban J connectivity index is 2.05. The van der Waals surface area contributed by atoms with Gasteiger partial charge in [0, 0.05) is 6.42 Å². The molecule has 2 aromatic rings. The van der Waals surface area contributed by atoms with Crippen LogP contribution in [0.1, 0.15) is 12.6 Å². The van der Waals surface area contributed by atoms with E-state index in [-0.39, 0.29) is 17.5 Å². The van der Waals surface area contributed by atoms with Crippen molar-refractivity contribution in [1.29, 1.82) is 0 Å². The smallest absolute Gasteiger partial charge is 0.226 e. The fourth-order valence-electron chi connectivity index (χ4n) is 2.36. The highest BCUT2D eigenvalue weighted by Gasteiger charge is 2.47. The van der Waals surface area contributed by atoms with E-state index in [9.17, 15) is 10.2 Å². The fourth-order valence-corrected chi connectivity index (χ4v) is 2.53. The predicted octanol–water partition coefficient (Wildman–Crippen LogP) is -0.294. The molecule has 1 fully saturated rings. The van der Waals surface area contributed by atoms with Gasteiger partial charge in [0.05, 0.1) is 12.9 Å².